The maximum atomic E-state index is 12.6. The number of benzene rings is 3. The van der Waals surface area contributed by atoms with Gasteiger partial charge in [0.15, 0.2) is 0 Å². The van der Waals surface area contributed by atoms with Gasteiger partial charge in [-0.3, -0.25) is 9.10 Å². The van der Waals surface area contributed by atoms with Crippen LogP contribution in [0.25, 0.3) is 11.4 Å². The number of nitrogens with zero attached hydrogens (tertiary/aromatic N) is 3. The molecule has 4 aromatic rings. The molecular formula is C26H25ClN4O4S. The fourth-order valence-corrected chi connectivity index (χ4v) is 5.05. The van der Waals surface area contributed by atoms with Crippen molar-refractivity contribution in [2.24, 2.45) is 0 Å². The van der Waals surface area contributed by atoms with Crippen molar-refractivity contribution in [3.8, 4) is 11.4 Å². The first-order valence-corrected chi connectivity index (χ1v) is 13.3. The molecule has 0 aliphatic heterocycles. The minimum atomic E-state index is -3.53. The van der Waals surface area contributed by atoms with Crippen LogP contribution >= 0.6 is 11.6 Å². The molecule has 0 unspecified atom stereocenters. The largest absolute Gasteiger partial charge is 0.343 e. The van der Waals surface area contributed by atoms with Crippen LogP contribution in [0.1, 0.15) is 32.9 Å². The summed E-state index contributed by atoms with van der Waals surface area (Å²) in [4.78, 5) is 16.9. The first-order valence-electron chi connectivity index (χ1n) is 11.1. The fourth-order valence-electron chi connectivity index (χ4n) is 3.83. The number of carbonyl (C=O) groups is 1. The summed E-state index contributed by atoms with van der Waals surface area (Å²) in [7, 11) is -3.53. The Bertz CT molecular complexity index is 1480. The summed E-state index contributed by atoms with van der Waals surface area (Å²) in [5.41, 5.74) is 4.21. The molecule has 0 saturated carbocycles. The van der Waals surface area contributed by atoms with Gasteiger partial charge in [0.05, 0.1) is 30.1 Å². The number of sulfonamides is 1. The van der Waals surface area contributed by atoms with Gasteiger partial charge in [-0.2, -0.15) is 4.98 Å². The lowest BCUT2D eigenvalue weighted by Crippen LogP contribution is -2.30. The third kappa shape index (κ3) is 5.75. The fraction of sp³-hybridized carbons (Fsp3) is 0.192. The average Bonchev–Trinajstić information content (AvgIpc) is 3.30. The summed E-state index contributed by atoms with van der Waals surface area (Å²) < 4.78 is 31.8. The SMILES string of the molecule is Cc1cccc(C)c1N(Cc1ccc(C(=O)NCc2nc(-c3ccccc3Cl)no2)cc1)S(C)(=O)=O. The Kier molecular flexibility index (Phi) is 7.42. The van der Waals surface area contributed by atoms with Crippen molar-refractivity contribution in [1.29, 1.82) is 0 Å². The van der Waals surface area contributed by atoms with E-state index in [1.165, 1.54) is 10.6 Å². The highest BCUT2D eigenvalue weighted by atomic mass is 35.5. The number of rotatable bonds is 8. The number of hydrogen-bond donors (Lipinski definition) is 1. The number of aromatic nitrogens is 2. The molecule has 0 atom stereocenters. The normalized spacial score (nSPS) is 11.3. The van der Waals surface area contributed by atoms with Crippen LogP contribution in [-0.4, -0.2) is 30.7 Å². The third-order valence-corrected chi connectivity index (χ3v) is 7.06. The smallest absolute Gasteiger partial charge is 0.251 e. The molecule has 0 aliphatic rings. The molecule has 1 aromatic heterocycles. The second-order valence-electron chi connectivity index (χ2n) is 8.38. The van der Waals surface area contributed by atoms with Crippen LogP contribution in [0.4, 0.5) is 5.69 Å². The summed E-state index contributed by atoms with van der Waals surface area (Å²) in [5, 5.41) is 7.16. The Balaban J connectivity index is 1.43. The number of nitrogens with one attached hydrogen (secondary N) is 1. The highest BCUT2D eigenvalue weighted by molar-refractivity contribution is 7.92. The lowest BCUT2D eigenvalue weighted by Gasteiger charge is -2.26. The lowest BCUT2D eigenvalue weighted by atomic mass is 10.1. The number of anilines is 1. The maximum absolute atomic E-state index is 12.6. The number of carbonyl (C=O) groups excluding carboxylic acids is 1. The molecule has 36 heavy (non-hydrogen) atoms. The van der Waals surface area contributed by atoms with Gasteiger partial charge in [-0.05, 0) is 54.8 Å². The summed E-state index contributed by atoms with van der Waals surface area (Å²) >= 11 is 6.17. The third-order valence-electron chi connectivity index (χ3n) is 5.61. The molecule has 0 saturated heterocycles. The first-order chi connectivity index (χ1) is 17.1. The molecule has 1 heterocycles. The molecule has 1 amide bonds. The number of amides is 1. The summed E-state index contributed by atoms with van der Waals surface area (Å²) in [5.74, 6) is 0.259. The van der Waals surface area contributed by atoms with Crippen molar-refractivity contribution >= 4 is 33.2 Å². The monoisotopic (exact) mass is 524 g/mol. The van der Waals surface area contributed by atoms with E-state index in [1.54, 1.807) is 42.5 Å². The lowest BCUT2D eigenvalue weighted by molar-refractivity contribution is 0.0946. The van der Waals surface area contributed by atoms with Crippen LogP contribution in [-0.2, 0) is 23.1 Å². The summed E-state index contributed by atoms with van der Waals surface area (Å²) in [6.45, 7) is 3.97. The zero-order valence-electron chi connectivity index (χ0n) is 20.0. The van der Waals surface area contributed by atoms with Gasteiger partial charge in [0, 0.05) is 11.1 Å². The molecule has 1 N–H and O–H groups in total. The molecule has 186 valence electrons. The van der Waals surface area contributed by atoms with Crippen LogP contribution in [0.5, 0.6) is 0 Å². The maximum Gasteiger partial charge on any atom is 0.251 e. The van der Waals surface area contributed by atoms with Gasteiger partial charge in [0.25, 0.3) is 5.91 Å². The molecule has 10 heteroatoms. The Labute approximate surface area is 215 Å². The van der Waals surface area contributed by atoms with Crippen LogP contribution < -0.4 is 9.62 Å². The van der Waals surface area contributed by atoms with Gasteiger partial charge in [-0.1, -0.05) is 59.2 Å². The Morgan fingerprint density at radius 1 is 1.00 bits per heavy atom. The van der Waals surface area contributed by atoms with Crippen LogP contribution in [0.3, 0.4) is 0 Å². The van der Waals surface area contributed by atoms with Crippen LogP contribution in [0.2, 0.25) is 5.02 Å². The first kappa shape index (κ1) is 25.4. The second-order valence-corrected chi connectivity index (χ2v) is 10.7. The molecule has 0 spiro atoms. The number of halogens is 1. The quantitative estimate of drug-likeness (QED) is 0.351. The molecule has 8 nitrogen and oxygen atoms in total. The highest BCUT2D eigenvalue weighted by Crippen LogP contribution is 2.28. The molecule has 0 aliphatic carbocycles. The van der Waals surface area contributed by atoms with Crippen molar-refractivity contribution < 1.29 is 17.7 Å². The van der Waals surface area contributed by atoms with Gasteiger partial charge >= 0.3 is 0 Å². The molecule has 0 bridgehead atoms. The van der Waals surface area contributed by atoms with E-state index in [-0.39, 0.29) is 24.9 Å². The summed E-state index contributed by atoms with van der Waals surface area (Å²) in [6.07, 6.45) is 1.19. The molecular weight excluding hydrogens is 500 g/mol. The Morgan fingerprint density at radius 2 is 1.67 bits per heavy atom. The summed E-state index contributed by atoms with van der Waals surface area (Å²) in [6, 6.07) is 19.6. The highest BCUT2D eigenvalue weighted by Gasteiger charge is 2.21. The van der Waals surface area contributed by atoms with Crippen molar-refractivity contribution in [1.82, 2.24) is 15.5 Å². The van der Waals surface area contributed by atoms with Crippen molar-refractivity contribution in [3.05, 3.63) is 99.9 Å². The number of para-hydroxylation sites is 1. The minimum absolute atomic E-state index is 0.0481. The van der Waals surface area contributed by atoms with Gasteiger partial charge in [-0.15, -0.1) is 0 Å². The van der Waals surface area contributed by atoms with E-state index in [9.17, 15) is 13.2 Å². The topological polar surface area (TPSA) is 105 Å². The van der Waals surface area contributed by atoms with E-state index in [1.807, 2.05) is 38.1 Å². The van der Waals surface area contributed by atoms with Gasteiger partial charge in [-0.25, -0.2) is 8.42 Å². The van der Waals surface area contributed by atoms with E-state index in [4.69, 9.17) is 16.1 Å². The minimum Gasteiger partial charge on any atom is -0.343 e. The van der Waals surface area contributed by atoms with Crippen molar-refractivity contribution in [2.45, 2.75) is 26.9 Å². The molecule has 3 aromatic carbocycles. The molecule has 0 fully saturated rings. The van der Waals surface area contributed by atoms with Crippen LogP contribution in [0.15, 0.2) is 71.3 Å². The standard InChI is InChI=1S/C26H25ClN4O4S/c1-17-7-6-8-18(2)24(17)31(36(3,33)34)16-19-11-13-20(14-12-19)26(32)28-15-23-29-25(30-35-23)21-9-4-5-10-22(21)27/h4-14H,15-16H2,1-3H3,(H,28,32). The van der Waals surface area contributed by atoms with Gasteiger partial charge < -0.3 is 9.84 Å². The zero-order valence-corrected chi connectivity index (χ0v) is 21.6. The van der Waals surface area contributed by atoms with E-state index < -0.39 is 10.0 Å². The van der Waals surface area contributed by atoms with Gasteiger partial charge in [0.1, 0.15) is 0 Å². The predicted octanol–water partition coefficient (Wildman–Crippen LogP) is 4.90. The second kappa shape index (κ2) is 10.5. The average molecular weight is 525 g/mol. The molecule has 0 radical (unpaired) electrons. The van der Waals surface area contributed by atoms with E-state index in [2.05, 4.69) is 15.5 Å². The number of hydrogen-bond acceptors (Lipinski definition) is 6. The Morgan fingerprint density at radius 3 is 2.31 bits per heavy atom. The van der Waals surface area contributed by atoms with E-state index >= 15 is 0 Å². The predicted molar refractivity (Wildman–Crippen MR) is 139 cm³/mol. The van der Waals surface area contributed by atoms with E-state index in [0.717, 1.165) is 16.7 Å². The van der Waals surface area contributed by atoms with Crippen molar-refractivity contribution in [2.75, 3.05) is 10.6 Å². The van der Waals surface area contributed by atoms with Crippen molar-refractivity contribution in [3.63, 3.8) is 0 Å². The Hall–Kier alpha value is -3.69. The van der Waals surface area contributed by atoms with Crippen LogP contribution in [0, 0.1) is 13.8 Å². The molecule has 4 rings (SSSR count). The zero-order chi connectivity index (χ0) is 25.9. The number of aryl methyl sites for hydroxylation is 2. The van der Waals surface area contributed by atoms with E-state index in [0.29, 0.717) is 27.7 Å². The van der Waals surface area contributed by atoms with Gasteiger partial charge in [0.2, 0.25) is 21.7 Å².